The number of rotatable bonds is 9. The lowest BCUT2D eigenvalue weighted by molar-refractivity contribution is 0.445. The molecular weight excluding hydrogens is 430 g/mol. The summed E-state index contributed by atoms with van der Waals surface area (Å²) in [6.45, 7) is 4.45. The summed E-state index contributed by atoms with van der Waals surface area (Å²) in [7, 11) is -3.55. The molecule has 0 spiro atoms. The summed E-state index contributed by atoms with van der Waals surface area (Å²) in [5.41, 5.74) is 1.64. The maximum Gasteiger partial charge on any atom is 0.276 e. The van der Waals surface area contributed by atoms with Crippen LogP contribution in [0, 0.1) is 0 Å². The molecule has 3 rings (SSSR count). The first-order chi connectivity index (χ1) is 14.0. The van der Waals surface area contributed by atoms with Crippen molar-refractivity contribution in [2.24, 2.45) is 0 Å². The van der Waals surface area contributed by atoms with E-state index >= 15 is 0 Å². The van der Waals surface area contributed by atoms with E-state index in [1.807, 2.05) is 38.1 Å². The molecule has 0 atom stereocenters. The van der Waals surface area contributed by atoms with Crippen molar-refractivity contribution in [2.75, 3.05) is 18.8 Å². The van der Waals surface area contributed by atoms with E-state index in [1.165, 1.54) is 16.1 Å². The minimum Gasteiger partial charge on any atom is -0.411 e. The van der Waals surface area contributed by atoms with Crippen LogP contribution in [0.3, 0.4) is 0 Å². The van der Waals surface area contributed by atoms with E-state index in [4.69, 9.17) is 16.0 Å². The van der Waals surface area contributed by atoms with Gasteiger partial charge in [0.25, 0.3) is 5.22 Å². The lowest BCUT2D eigenvalue weighted by atomic mass is 10.2. The summed E-state index contributed by atoms with van der Waals surface area (Å²) in [6, 6.07) is 14.3. The zero-order valence-electron chi connectivity index (χ0n) is 16.2. The van der Waals surface area contributed by atoms with Gasteiger partial charge < -0.3 is 4.42 Å². The molecule has 0 aliphatic carbocycles. The number of hydrogen-bond acceptors (Lipinski definition) is 6. The fraction of sp³-hybridized carbons (Fsp3) is 0.300. The molecule has 0 aliphatic rings. The molecule has 0 amide bonds. The molecule has 1 aromatic heterocycles. The summed E-state index contributed by atoms with van der Waals surface area (Å²) in [4.78, 5) is 0.213. The highest BCUT2D eigenvalue weighted by Gasteiger charge is 2.22. The Morgan fingerprint density at radius 1 is 1.07 bits per heavy atom. The van der Waals surface area contributed by atoms with Crippen LogP contribution in [0.5, 0.6) is 0 Å². The van der Waals surface area contributed by atoms with Gasteiger partial charge in [0, 0.05) is 29.4 Å². The van der Waals surface area contributed by atoms with Gasteiger partial charge in [-0.2, -0.15) is 4.31 Å². The molecule has 0 fully saturated rings. The second-order valence-corrected chi connectivity index (χ2v) is 9.57. The quantitative estimate of drug-likeness (QED) is 0.437. The highest BCUT2D eigenvalue weighted by atomic mass is 35.5. The lowest BCUT2D eigenvalue weighted by Gasteiger charge is -2.18. The van der Waals surface area contributed by atoms with Gasteiger partial charge in [-0.25, -0.2) is 8.42 Å². The van der Waals surface area contributed by atoms with Gasteiger partial charge >= 0.3 is 0 Å². The van der Waals surface area contributed by atoms with Crippen LogP contribution in [-0.2, 0) is 16.4 Å². The molecule has 0 saturated carbocycles. The van der Waals surface area contributed by atoms with Crippen molar-refractivity contribution in [3.8, 4) is 11.5 Å². The molecule has 0 N–H and O–H groups in total. The number of halogens is 1. The van der Waals surface area contributed by atoms with Gasteiger partial charge in [0.15, 0.2) is 0 Å². The third-order valence-corrected chi connectivity index (χ3v) is 7.62. The standard InChI is InChI=1S/C20H22ClN3O3S2/c1-3-24(4-2)29(25,26)17-10-7-9-16(14-17)19-22-23-20(27-19)28-13-12-15-8-5-6-11-18(15)21/h5-11,14H,3-4,12-13H2,1-2H3. The molecule has 0 aliphatic heterocycles. The number of hydrogen-bond donors (Lipinski definition) is 0. The van der Waals surface area contributed by atoms with Crippen LogP contribution in [0.2, 0.25) is 5.02 Å². The van der Waals surface area contributed by atoms with Crippen molar-refractivity contribution >= 4 is 33.4 Å². The van der Waals surface area contributed by atoms with Crippen LogP contribution < -0.4 is 0 Å². The van der Waals surface area contributed by atoms with E-state index < -0.39 is 10.0 Å². The van der Waals surface area contributed by atoms with Gasteiger partial charge in [-0.15, -0.1) is 10.2 Å². The van der Waals surface area contributed by atoms with E-state index in [9.17, 15) is 8.42 Å². The number of nitrogens with zero attached hydrogens (tertiary/aromatic N) is 3. The Morgan fingerprint density at radius 2 is 1.83 bits per heavy atom. The minimum atomic E-state index is -3.55. The van der Waals surface area contributed by atoms with Crippen LogP contribution in [-0.4, -0.2) is 41.8 Å². The minimum absolute atomic E-state index is 0.213. The molecule has 9 heteroatoms. The summed E-state index contributed by atoms with van der Waals surface area (Å²) < 4.78 is 32.6. The average molecular weight is 452 g/mol. The maximum atomic E-state index is 12.7. The SMILES string of the molecule is CCN(CC)S(=O)(=O)c1cccc(-c2nnc(SCCc3ccccc3Cl)o2)c1. The van der Waals surface area contributed by atoms with E-state index in [2.05, 4.69) is 10.2 Å². The first-order valence-electron chi connectivity index (χ1n) is 9.26. The van der Waals surface area contributed by atoms with E-state index in [1.54, 1.807) is 24.3 Å². The lowest BCUT2D eigenvalue weighted by Crippen LogP contribution is -2.30. The van der Waals surface area contributed by atoms with Crippen LogP contribution in [0.1, 0.15) is 19.4 Å². The average Bonchev–Trinajstić information content (AvgIpc) is 3.19. The van der Waals surface area contributed by atoms with Crippen LogP contribution in [0.15, 0.2) is 63.1 Å². The fourth-order valence-corrected chi connectivity index (χ4v) is 5.30. The Balaban J connectivity index is 1.71. The van der Waals surface area contributed by atoms with Crippen LogP contribution >= 0.6 is 23.4 Å². The molecule has 154 valence electrons. The Morgan fingerprint density at radius 3 is 2.55 bits per heavy atom. The van der Waals surface area contributed by atoms with Crippen molar-refractivity contribution < 1.29 is 12.8 Å². The molecule has 0 radical (unpaired) electrons. The monoisotopic (exact) mass is 451 g/mol. The molecule has 6 nitrogen and oxygen atoms in total. The topological polar surface area (TPSA) is 76.3 Å². The fourth-order valence-electron chi connectivity index (χ4n) is 2.84. The predicted molar refractivity (Wildman–Crippen MR) is 116 cm³/mol. The Hall–Kier alpha value is -1.87. The number of sulfonamides is 1. The largest absolute Gasteiger partial charge is 0.411 e. The summed E-state index contributed by atoms with van der Waals surface area (Å²) in [5.74, 6) is 1.03. The van der Waals surface area contributed by atoms with Crippen molar-refractivity contribution in [1.29, 1.82) is 0 Å². The molecule has 0 bridgehead atoms. The Kier molecular flexibility index (Phi) is 7.34. The maximum absolute atomic E-state index is 12.7. The van der Waals surface area contributed by atoms with Crippen molar-refractivity contribution in [2.45, 2.75) is 30.4 Å². The van der Waals surface area contributed by atoms with E-state index in [-0.39, 0.29) is 4.90 Å². The number of aromatic nitrogens is 2. The van der Waals surface area contributed by atoms with Crippen molar-refractivity contribution in [3.63, 3.8) is 0 Å². The molecule has 29 heavy (non-hydrogen) atoms. The first-order valence-corrected chi connectivity index (χ1v) is 12.1. The highest BCUT2D eigenvalue weighted by Crippen LogP contribution is 2.27. The van der Waals surface area contributed by atoms with Crippen molar-refractivity contribution in [1.82, 2.24) is 14.5 Å². The van der Waals surface area contributed by atoms with Gasteiger partial charge in [0.1, 0.15) is 0 Å². The first kappa shape index (κ1) is 21.8. The van der Waals surface area contributed by atoms with Gasteiger partial charge in [-0.05, 0) is 36.2 Å². The highest BCUT2D eigenvalue weighted by molar-refractivity contribution is 7.99. The Labute approximate surface area is 180 Å². The van der Waals surface area contributed by atoms with E-state index in [0.717, 1.165) is 22.8 Å². The number of thioether (sulfide) groups is 1. The Bertz CT molecular complexity index is 1070. The third-order valence-electron chi connectivity index (χ3n) is 4.39. The number of benzene rings is 2. The third kappa shape index (κ3) is 5.19. The molecule has 3 aromatic rings. The molecule has 1 heterocycles. The zero-order valence-corrected chi connectivity index (χ0v) is 18.6. The molecule has 0 saturated heterocycles. The molecule has 2 aromatic carbocycles. The summed E-state index contributed by atoms with van der Waals surface area (Å²) in [5, 5.41) is 9.30. The second-order valence-electron chi connectivity index (χ2n) is 6.18. The summed E-state index contributed by atoms with van der Waals surface area (Å²) in [6.07, 6.45) is 0.777. The van der Waals surface area contributed by atoms with Gasteiger partial charge in [0.05, 0.1) is 4.90 Å². The van der Waals surface area contributed by atoms with Gasteiger partial charge in [0.2, 0.25) is 15.9 Å². The smallest absolute Gasteiger partial charge is 0.276 e. The normalized spacial score (nSPS) is 11.9. The van der Waals surface area contributed by atoms with Crippen LogP contribution in [0.4, 0.5) is 0 Å². The summed E-state index contributed by atoms with van der Waals surface area (Å²) >= 11 is 7.61. The molecular formula is C20H22ClN3O3S2. The van der Waals surface area contributed by atoms with Crippen molar-refractivity contribution in [3.05, 3.63) is 59.1 Å². The zero-order chi connectivity index (χ0) is 20.9. The van der Waals surface area contributed by atoms with Crippen LogP contribution in [0.25, 0.3) is 11.5 Å². The number of aryl methyl sites for hydroxylation is 1. The van der Waals surface area contributed by atoms with Gasteiger partial charge in [-0.3, -0.25) is 0 Å². The molecule has 0 unspecified atom stereocenters. The second kappa shape index (κ2) is 9.75. The predicted octanol–water partition coefficient (Wildman–Crippen LogP) is 4.76. The van der Waals surface area contributed by atoms with Gasteiger partial charge in [-0.1, -0.05) is 61.5 Å². The van der Waals surface area contributed by atoms with E-state index in [0.29, 0.717) is 29.8 Å².